The van der Waals surface area contributed by atoms with Crippen LogP contribution in [0.3, 0.4) is 0 Å². The van der Waals surface area contributed by atoms with Crippen molar-refractivity contribution in [2.75, 3.05) is 23.9 Å². The Morgan fingerprint density at radius 2 is 1.83 bits per heavy atom. The molecule has 1 saturated heterocycles. The number of rotatable bonds is 6. The standard InChI is InChI=1S/C20H21N3O6S/c1-13(24)22-30(27,28)18-8-6-15(7-9-18)21-20(26)14-10-19(25)23(12-14)16-4-3-5-17(11-16)29-2/h3-9,11,14H,10,12H2,1-2H3,(H,21,26)(H,22,24)/t14-/m0/s1. The lowest BCUT2D eigenvalue weighted by Gasteiger charge is -2.17. The second kappa shape index (κ2) is 8.54. The van der Waals surface area contributed by atoms with Gasteiger partial charge in [-0.15, -0.1) is 0 Å². The van der Waals surface area contributed by atoms with Gasteiger partial charge in [-0.05, 0) is 36.4 Å². The number of hydrogen-bond acceptors (Lipinski definition) is 6. The van der Waals surface area contributed by atoms with E-state index in [0.29, 0.717) is 17.1 Å². The lowest BCUT2D eigenvalue weighted by atomic mass is 10.1. The fraction of sp³-hybridized carbons (Fsp3) is 0.250. The van der Waals surface area contributed by atoms with E-state index < -0.39 is 21.8 Å². The molecule has 2 aromatic carbocycles. The van der Waals surface area contributed by atoms with E-state index in [2.05, 4.69) is 5.32 Å². The molecule has 3 rings (SSSR count). The molecule has 9 nitrogen and oxygen atoms in total. The molecule has 0 aromatic heterocycles. The molecule has 30 heavy (non-hydrogen) atoms. The van der Waals surface area contributed by atoms with Crippen LogP contribution in [0.1, 0.15) is 13.3 Å². The number of amides is 3. The number of anilines is 2. The summed E-state index contributed by atoms with van der Waals surface area (Å²) in [4.78, 5) is 37.4. The second-order valence-electron chi connectivity index (χ2n) is 6.78. The molecule has 0 radical (unpaired) electrons. The lowest BCUT2D eigenvalue weighted by molar-refractivity contribution is -0.122. The van der Waals surface area contributed by atoms with Gasteiger partial charge in [0.25, 0.3) is 10.0 Å². The summed E-state index contributed by atoms with van der Waals surface area (Å²) in [5, 5.41) is 2.69. The predicted molar refractivity (Wildman–Crippen MR) is 110 cm³/mol. The summed E-state index contributed by atoms with van der Waals surface area (Å²) >= 11 is 0. The molecule has 0 bridgehead atoms. The number of carbonyl (C=O) groups is 3. The van der Waals surface area contributed by atoms with E-state index >= 15 is 0 Å². The minimum atomic E-state index is -3.95. The molecule has 158 valence electrons. The summed E-state index contributed by atoms with van der Waals surface area (Å²) in [6.45, 7) is 1.33. The summed E-state index contributed by atoms with van der Waals surface area (Å²) in [5.41, 5.74) is 1.04. The van der Waals surface area contributed by atoms with Gasteiger partial charge in [-0.3, -0.25) is 14.4 Å². The summed E-state index contributed by atoms with van der Waals surface area (Å²) in [7, 11) is -2.41. The summed E-state index contributed by atoms with van der Waals surface area (Å²) in [6, 6.07) is 12.4. The summed E-state index contributed by atoms with van der Waals surface area (Å²) in [6.07, 6.45) is 0.0675. The van der Waals surface area contributed by atoms with E-state index in [-0.39, 0.29) is 29.7 Å². The molecule has 0 saturated carbocycles. The molecule has 2 N–H and O–H groups in total. The molecule has 1 aliphatic heterocycles. The third kappa shape index (κ3) is 4.77. The van der Waals surface area contributed by atoms with E-state index in [1.807, 2.05) is 4.72 Å². The third-order valence-electron chi connectivity index (χ3n) is 4.57. The summed E-state index contributed by atoms with van der Waals surface area (Å²) in [5.74, 6) is -1.14. The zero-order chi connectivity index (χ0) is 21.9. The Morgan fingerprint density at radius 1 is 1.13 bits per heavy atom. The molecule has 1 atom stereocenters. The molecular formula is C20H21N3O6S. The summed E-state index contributed by atoms with van der Waals surface area (Å²) < 4.78 is 31.0. The van der Waals surface area contributed by atoms with E-state index in [0.717, 1.165) is 6.92 Å². The molecule has 0 aliphatic carbocycles. The molecule has 2 aromatic rings. The highest BCUT2D eigenvalue weighted by atomic mass is 32.2. The van der Waals surface area contributed by atoms with Crippen molar-refractivity contribution in [2.24, 2.45) is 5.92 Å². The Bertz CT molecular complexity index is 1080. The van der Waals surface area contributed by atoms with Crippen LogP contribution in [0.15, 0.2) is 53.4 Å². The van der Waals surface area contributed by atoms with Crippen molar-refractivity contribution in [3.8, 4) is 5.75 Å². The number of carbonyl (C=O) groups excluding carboxylic acids is 3. The van der Waals surface area contributed by atoms with Crippen molar-refractivity contribution in [1.82, 2.24) is 4.72 Å². The first-order chi connectivity index (χ1) is 14.2. The monoisotopic (exact) mass is 431 g/mol. The van der Waals surface area contributed by atoms with Gasteiger partial charge in [0.15, 0.2) is 0 Å². The largest absolute Gasteiger partial charge is 0.497 e. The molecule has 1 heterocycles. The lowest BCUT2D eigenvalue weighted by Crippen LogP contribution is -2.28. The molecule has 0 spiro atoms. The van der Waals surface area contributed by atoms with Crippen LogP contribution in [0, 0.1) is 5.92 Å². The number of nitrogens with one attached hydrogen (secondary N) is 2. The Balaban J connectivity index is 1.66. The van der Waals surface area contributed by atoms with Gasteiger partial charge in [0.2, 0.25) is 17.7 Å². The number of nitrogens with zero attached hydrogens (tertiary/aromatic N) is 1. The van der Waals surface area contributed by atoms with Gasteiger partial charge in [0.1, 0.15) is 5.75 Å². The van der Waals surface area contributed by atoms with Crippen LogP contribution in [-0.2, 0) is 24.4 Å². The Hall–Kier alpha value is -3.40. The number of hydrogen-bond donors (Lipinski definition) is 2. The van der Waals surface area contributed by atoms with Crippen LogP contribution in [0.5, 0.6) is 5.75 Å². The van der Waals surface area contributed by atoms with E-state index in [4.69, 9.17) is 4.74 Å². The van der Waals surface area contributed by atoms with Crippen molar-refractivity contribution in [2.45, 2.75) is 18.2 Å². The highest BCUT2D eigenvalue weighted by Gasteiger charge is 2.35. The van der Waals surface area contributed by atoms with Crippen molar-refractivity contribution < 1.29 is 27.5 Å². The number of sulfonamides is 1. The van der Waals surface area contributed by atoms with Crippen LogP contribution in [0.25, 0.3) is 0 Å². The number of methoxy groups -OCH3 is 1. The number of benzene rings is 2. The van der Waals surface area contributed by atoms with Crippen LogP contribution in [0.2, 0.25) is 0 Å². The normalized spacial score (nSPS) is 16.3. The topological polar surface area (TPSA) is 122 Å². The zero-order valence-corrected chi connectivity index (χ0v) is 17.2. The maximum absolute atomic E-state index is 12.6. The fourth-order valence-corrected chi connectivity index (χ4v) is 4.11. The molecule has 0 unspecified atom stereocenters. The van der Waals surface area contributed by atoms with E-state index in [1.165, 1.54) is 36.3 Å². The van der Waals surface area contributed by atoms with Gasteiger partial charge >= 0.3 is 0 Å². The minimum absolute atomic E-state index is 0.0675. The minimum Gasteiger partial charge on any atom is -0.497 e. The first kappa shape index (κ1) is 21.3. The van der Waals surface area contributed by atoms with Crippen LogP contribution in [0.4, 0.5) is 11.4 Å². The molecule has 1 aliphatic rings. The van der Waals surface area contributed by atoms with Gasteiger partial charge in [-0.1, -0.05) is 6.07 Å². The SMILES string of the molecule is COc1cccc(N2C[C@@H](C(=O)Nc3ccc(S(=O)(=O)NC(C)=O)cc3)CC2=O)c1. The second-order valence-corrected chi connectivity index (χ2v) is 8.46. The van der Waals surface area contributed by atoms with Gasteiger partial charge in [-0.25, -0.2) is 13.1 Å². The average molecular weight is 431 g/mol. The first-order valence-corrected chi connectivity index (χ1v) is 10.6. The van der Waals surface area contributed by atoms with Gasteiger partial charge < -0.3 is 15.0 Å². The molecule has 3 amide bonds. The van der Waals surface area contributed by atoms with Crippen LogP contribution < -0.4 is 19.7 Å². The molecule has 10 heteroatoms. The first-order valence-electron chi connectivity index (χ1n) is 9.08. The van der Waals surface area contributed by atoms with E-state index in [9.17, 15) is 22.8 Å². The maximum Gasteiger partial charge on any atom is 0.264 e. The fourth-order valence-electron chi connectivity index (χ4n) is 3.12. The molecular weight excluding hydrogens is 410 g/mol. The van der Waals surface area contributed by atoms with Gasteiger partial charge in [-0.2, -0.15) is 0 Å². The Labute approximate surface area is 174 Å². The quantitative estimate of drug-likeness (QED) is 0.715. The number of ether oxygens (including phenoxy) is 1. The average Bonchev–Trinajstić information content (AvgIpc) is 3.09. The highest BCUT2D eigenvalue weighted by molar-refractivity contribution is 7.90. The Morgan fingerprint density at radius 3 is 2.47 bits per heavy atom. The van der Waals surface area contributed by atoms with Gasteiger partial charge in [0.05, 0.1) is 17.9 Å². The van der Waals surface area contributed by atoms with Crippen LogP contribution in [-0.4, -0.2) is 39.8 Å². The van der Waals surface area contributed by atoms with Crippen molar-refractivity contribution >= 4 is 39.1 Å². The third-order valence-corrected chi connectivity index (χ3v) is 6.02. The zero-order valence-electron chi connectivity index (χ0n) is 16.4. The van der Waals surface area contributed by atoms with Crippen molar-refractivity contribution in [3.63, 3.8) is 0 Å². The maximum atomic E-state index is 12.6. The van der Waals surface area contributed by atoms with Crippen molar-refractivity contribution in [3.05, 3.63) is 48.5 Å². The Kier molecular flexibility index (Phi) is 6.06. The predicted octanol–water partition coefficient (Wildman–Crippen LogP) is 1.51. The highest BCUT2D eigenvalue weighted by Crippen LogP contribution is 2.28. The smallest absolute Gasteiger partial charge is 0.264 e. The van der Waals surface area contributed by atoms with Crippen LogP contribution >= 0.6 is 0 Å². The van der Waals surface area contributed by atoms with Crippen molar-refractivity contribution in [1.29, 1.82) is 0 Å². The molecule has 1 fully saturated rings. The van der Waals surface area contributed by atoms with E-state index in [1.54, 1.807) is 24.3 Å². The van der Waals surface area contributed by atoms with Gasteiger partial charge in [0, 0.05) is 37.3 Å².